The molecule has 0 radical (unpaired) electrons. The molecule has 0 spiro atoms. The molecule has 0 aliphatic carbocycles. The average Bonchev–Trinajstić information content (AvgIpc) is 2.52. The van der Waals surface area contributed by atoms with E-state index in [9.17, 15) is 14.3 Å². The number of alkyl halides is 1. The summed E-state index contributed by atoms with van der Waals surface area (Å²) in [6, 6.07) is 1.41. The van der Waals surface area contributed by atoms with Gasteiger partial charge in [0.2, 0.25) is 0 Å². The molecule has 0 amide bonds. The van der Waals surface area contributed by atoms with Crippen molar-refractivity contribution in [3.8, 4) is 0 Å². The Kier molecular flexibility index (Phi) is 3.37. The minimum atomic E-state index is -2.19. The van der Waals surface area contributed by atoms with E-state index in [-0.39, 0.29) is 4.64 Å². The second kappa shape index (κ2) is 4.54. The van der Waals surface area contributed by atoms with Gasteiger partial charge in [0.15, 0.2) is 11.9 Å². The van der Waals surface area contributed by atoms with Crippen molar-refractivity contribution in [3.63, 3.8) is 0 Å². The van der Waals surface area contributed by atoms with Gasteiger partial charge in [0.1, 0.15) is 16.8 Å². The summed E-state index contributed by atoms with van der Waals surface area (Å²) in [4.78, 5) is 14.0. The first-order valence-electron chi connectivity index (χ1n) is 5.32. The second-order valence-corrected chi connectivity index (χ2v) is 4.76. The molecule has 3 N–H and O–H groups in total. The fraction of sp³-hybridized carbons (Fsp3) is 0.600. The zero-order valence-electron chi connectivity index (χ0n) is 9.54. The Morgan fingerprint density at radius 3 is 2.89 bits per heavy atom. The minimum absolute atomic E-state index is 0.217. The van der Waals surface area contributed by atoms with Gasteiger partial charge >= 0.3 is 5.69 Å². The fourth-order valence-corrected chi connectivity index (χ4v) is 2.12. The monoisotopic (exact) mass is 276 g/mol. The molecule has 1 saturated heterocycles. The number of aromatic nitrogens is 2. The second-order valence-electron chi connectivity index (χ2n) is 4.32. The molecular weight excluding hydrogens is 263 g/mol. The molecule has 1 aromatic heterocycles. The Bertz CT molecular complexity index is 555. The molecule has 2 rings (SSSR count). The Morgan fingerprint density at radius 1 is 1.72 bits per heavy atom. The summed E-state index contributed by atoms with van der Waals surface area (Å²) >= 11 is 4.77. The summed E-state index contributed by atoms with van der Waals surface area (Å²) in [7, 11) is 0. The maximum absolute atomic E-state index is 14.4. The third kappa shape index (κ3) is 2.01. The lowest BCUT2D eigenvalue weighted by Gasteiger charge is -2.24. The van der Waals surface area contributed by atoms with E-state index in [1.807, 2.05) is 0 Å². The summed E-state index contributed by atoms with van der Waals surface area (Å²) in [5, 5.41) is 18.7. The lowest BCUT2D eigenvalue weighted by atomic mass is 9.98. The van der Waals surface area contributed by atoms with E-state index >= 15 is 0 Å². The zero-order chi connectivity index (χ0) is 13.5. The minimum Gasteiger partial charge on any atom is -0.394 e. The van der Waals surface area contributed by atoms with Crippen molar-refractivity contribution in [2.45, 2.75) is 31.0 Å². The normalized spacial score (nSPS) is 35.9. The molecule has 1 aromatic rings. The predicted octanol–water partition coefficient (Wildman–Crippen LogP) is -0.115. The van der Waals surface area contributed by atoms with Crippen LogP contribution in [-0.2, 0) is 4.74 Å². The Morgan fingerprint density at radius 2 is 2.39 bits per heavy atom. The molecule has 1 aliphatic rings. The Hall–Kier alpha value is -1.09. The van der Waals surface area contributed by atoms with Crippen LogP contribution in [0.15, 0.2) is 17.1 Å². The molecule has 0 aromatic carbocycles. The van der Waals surface area contributed by atoms with Crippen LogP contribution in [0.4, 0.5) is 4.39 Å². The molecule has 2 heterocycles. The van der Waals surface area contributed by atoms with Crippen LogP contribution in [0.5, 0.6) is 0 Å². The molecule has 8 heteroatoms. The maximum Gasteiger partial charge on any atom is 0.328 e. The number of hydrogen-bond acceptors (Lipinski definition) is 5. The third-order valence-corrected chi connectivity index (χ3v) is 3.24. The van der Waals surface area contributed by atoms with Crippen LogP contribution in [0.3, 0.4) is 0 Å². The third-order valence-electron chi connectivity index (χ3n) is 3.00. The molecule has 0 bridgehead atoms. The molecule has 0 saturated carbocycles. The smallest absolute Gasteiger partial charge is 0.328 e. The molecule has 1 aliphatic heterocycles. The number of aliphatic hydroxyl groups is 2. The highest BCUT2D eigenvalue weighted by Gasteiger charge is 2.54. The standard InChI is InChI=1S/C10H13FN2O4S/c1-10(11)7(15)5(4-14)17-8(10)13-3-2-6(18)12-9(13)16/h2-3,5,7-8,14-15H,4H2,1H3,(H,12,16,18). The summed E-state index contributed by atoms with van der Waals surface area (Å²) in [5.41, 5.74) is -2.82. The largest absolute Gasteiger partial charge is 0.394 e. The van der Waals surface area contributed by atoms with Gasteiger partial charge in [0.05, 0.1) is 6.61 Å². The SMILES string of the molecule is CC1(F)C(O)C(CO)OC1n1ccc(=S)[nH]c1=O. The Balaban J connectivity index is 2.45. The van der Waals surface area contributed by atoms with Crippen LogP contribution in [0.25, 0.3) is 0 Å². The molecule has 18 heavy (non-hydrogen) atoms. The topological polar surface area (TPSA) is 87.5 Å². The van der Waals surface area contributed by atoms with E-state index in [0.29, 0.717) is 0 Å². The van der Waals surface area contributed by atoms with Gasteiger partial charge in [-0.2, -0.15) is 0 Å². The van der Waals surface area contributed by atoms with Gasteiger partial charge in [0.25, 0.3) is 0 Å². The number of nitrogens with one attached hydrogen (secondary N) is 1. The van der Waals surface area contributed by atoms with Gasteiger partial charge < -0.3 is 14.9 Å². The molecule has 100 valence electrons. The molecule has 4 atom stereocenters. The lowest BCUT2D eigenvalue weighted by molar-refractivity contribution is -0.0611. The van der Waals surface area contributed by atoms with Gasteiger partial charge in [-0.05, 0) is 13.0 Å². The molecule has 4 unspecified atom stereocenters. The van der Waals surface area contributed by atoms with Gasteiger partial charge in [0, 0.05) is 6.20 Å². The van der Waals surface area contributed by atoms with Crippen molar-refractivity contribution in [2.24, 2.45) is 0 Å². The van der Waals surface area contributed by atoms with E-state index in [2.05, 4.69) is 4.98 Å². The maximum atomic E-state index is 14.4. The molecule has 6 nitrogen and oxygen atoms in total. The first-order chi connectivity index (χ1) is 8.37. The van der Waals surface area contributed by atoms with Crippen LogP contribution >= 0.6 is 12.2 Å². The van der Waals surface area contributed by atoms with Gasteiger partial charge in [-0.25, -0.2) is 9.18 Å². The van der Waals surface area contributed by atoms with E-state index in [4.69, 9.17) is 22.1 Å². The van der Waals surface area contributed by atoms with Crippen molar-refractivity contribution in [3.05, 3.63) is 27.4 Å². The number of aliphatic hydroxyl groups excluding tert-OH is 2. The number of nitrogens with zero attached hydrogens (tertiary/aromatic N) is 1. The fourth-order valence-electron chi connectivity index (χ4n) is 1.97. The van der Waals surface area contributed by atoms with E-state index in [0.717, 1.165) is 11.5 Å². The van der Waals surface area contributed by atoms with Crippen molar-refractivity contribution in [1.82, 2.24) is 9.55 Å². The number of halogens is 1. The first-order valence-corrected chi connectivity index (χ1v) is 5.73. The van der Waals surface area contributed by atoms with Crippen molar-refractivity contribution in [1.29, 1.82) is 0 Å². The predicted molar refractivity (Wildman–Crippen MR) is 62.4 cm³/mol. The summed E-state index contributed by atoms with van der Waals surface area (Å²) in [6.45, 7) is 0.584. The van der Waals surface area contributed by atoms with Gasteiger partial charge in [-0.15, -0.1) is 0 Å². The molecular formula is C10H13FN2O4S. The number of rotatable bonds is 2. The van der Waals surface area contributed by atoms with Crippen LogP contribution in [0, 0.1) is 4.64 Å². The first kappa shape index (κ1) is 13.3. The van der Waals surface area contributed by atoms with E-state index < -0.39 is 36.4 Å². The van der Waals surface area contributed by atoms with Crippen molar-refractivity contribution in [2.75, 3.05) is 6.61 Å². The summed E-state index contributed by atoms with van der Waals surface area (Å²) in [6.07, 6.45) is -2.61. The van der Waals surface area contributed by atoms with E-state index in [1.165, 1.54) is 12.3 Å². The number of ether oxygens (including phenoxy) is 1. The van der Waals surface area contributed by atoms with Crippen LogP contribution < -0.4 is 5.69 Å². The highest BCUT2D eigenvalue weighted by atomic mass is 32.1. The van der Waals surface area contributed by atoms with Crippen LogP contribution in [0.2, 0.25) is 0 Å². The van der Waals surface area contributed by atoms with Crippen LogP contribution in [-0.4, -0.2) is 44.2 Å². The number of H-pyrrole nitrogens is 1. The number of aromatic amines is 1. The molecule has 1 fully saturated rings. The van der Waals surface area contributed by atoms with Gasteiger partial charge in [-0.1, -0.05) is 12.2 Å². The van der Waals surface area contributed by atoms with Crippen molar-refractivity contribution < 1.29 is 19.3 Å². The average molecular weight is 276 g/mol. The van der Waals surface area contributed by atoms with Crippen LogP contribution in [0.1, 0.15) is 13.2 Å². The summed E-state index contributed by atoms with van der Waals surface area (Å²) < 4.78 is 20.7. The highest BCUT2D eigenvalue weighted by molar-refractivity contribution is 7.71. The summed E-state index contributed by atoms with van der Waals surface area (Å²) in [5.74, 6) is 0. The lowest BCUT2D eigenvalue weighted by Crippen LogP contribution is -2.42. The van der Waals surface area contributed by atoms with Gasteiger partial charge in [-0.3, -0.25) is 9.55 Å². The zero-order valence-corrected chi connectivity index (χ0v) is 10.4. The highest BCUT2D eigenvalue weighted by Crippen LogP contribution is 2.40. The van der Waals surface area contributed by atoms with E-state index in [1.54, 1.807) is 0 Å². The van der Waals surface area contributed by atoms with Crippen molar-refractivity contribution >= 4 is 12.2 Å². The Labute approximate surface area is 107 Å². The number of hydrogen-bond donors (Lipinski definition) is 3. The quantitative estimate of drug-likeness (QED) is 0.656.